The number of amides is 1. The molecule has 2 fully saturated rings. The van der Waals surface area contributed by atoms with Gasteiger partial charge < -0.3 is 25.0 Å². The molecule has 1 unspecified atom stereocenters. The number of likely N-dealkylation sites (tertiary alicyclic amines) is 1. The van der Waals surface area contributed by atoms with Crippen LogP contribution in [0.4, 0.5) is 4.39 Å². The molecule has 0 aliphatic carbocycles. The number of rotatable bonds is 9. The Balaban J connectivity index is 1.03. The highest BCUT2D eigenvalue weighted by atomic mass is 19.1. The molecule has 3 heterocycles. The Morgan fingerprint density at radius 1 is 1.05 bits per heavy atom. The largest absolute Gasteiger partial charge is 0.493 e. The zero-order valence-electron chi connectivity index (χ0n) is 23.2. The van der Waals surface area contributed by atoms with Gasteiger partial charge in [-0.3, -0.25) is 9.69 Å². The molecule has 0 aromatic heterocycles. The number of piperazine rings is 1. The Morgan fingerprint density at radius 3 is 2.59 bits per heavy atom. The van der Waals surface area contributed by atoms with Crippen LogP contribution in [-0.4, -0.2) is 85.7 Å². The van der Waals surface area contributed by atoms with Gasteiger partial charge in [-0.25, -0.2) is 4.39 Å². The normalized spacial score (nSPS) is 21.7. The Morgan fingerprint density at radius 2 is 1.82 bits per heavy atom. The van der Waals surface area contributed by atoms with E-state index in [1.807, 2.05) is 24.0 Å². The molecule has 2 aromatic rings. The molecule has 3 aliphatic heterocycles. The molecule has 0 radical (unpaired) electrons. The van der Waals surface area contributed by atoms with E-state index in [2.05, 4.69) is 28.0 Å². The minimum atomic E-state index is -0.446. The summed E-state index contributed by atoms with van der Waals surface area (Å²) < 4.78 is 26.1. The maximum Gasteiger partial charge on any atom is 0.239 e. The Hall–Kier alpha value is -2.68. The van der Waals surface area contributed by atoms with E-state index < -0.39 is 6.04 Å². The van der Waals surface area contributed by atoms with Crippen molar-refractivity contribution in [2.24, 2.45) is 17.6 Å². The molecular formula is C31H43FN4O3. The summed E-state index contributed by atoms with van der Waals surface area (Å²) in [4.78, 5) is 19.9. The van der Waals surface area contributed by atoms with E-state index in [9.17, 15) is 9.18 Å². The van der Waals surface area contributed by atoms with Crippen LogP contribution in [-0.2, 0) is 17.8 Å². The van der Waals surface area contributed by atoms with Gasteiger partial charge in [0.15, 0.2) is 0 Å². The van der Waals surface area contributed by atoms with Gasteiger partial charge in [-0.2, -0.15) is 0 Å². The molecule has 3 aliphatic rings. The maximum atomic E-state index is 14.5. The molecule has 212 valence electrons. The molecule has 2 N–H and O–H groups in total. The fourth-order valence-electron chi connectivity index (χ4n) is 6.22. The molecule has 1 amide bonds. The summed E-state index contributed by atoms with van der Waals surface area (Å²) in [7, 11) is 0. The zero-order chi connectivity index (χ0) is 27.2. The number of nitrogens with zero attached hydrogens (tertiary/aromatic N) is 3. The molecule has 2 aromatic carbocycles. The summed E-state index contributed by atoms with van der Waals surface area (Å²) >= 11 is 0. The number of carbonyl (C=O) groups is 1. The lowest BCUT2D eigenvalue weighted by atomic mass is 9.88. The van der Waals surface area contributed by atoms with E-state index in [1.165, 1.54) is 11.6 Å². The third-order valence-corrected chi connectivity index (χ3v) is 8.68. The molecule has 39 heavy (non-hydrogen) atoms. The van der Waals surface area contributed by atoms with Crippen LogP contribution in [0.15, 0.2) is 42.5 Å². The average Bonchev–Trinajstić information content (AvgIpc) is 2.98. The zero-order valence-corrected chi connectivity index (χ0v) is 23.2. The molecule has 2 saturated heterocycles. The van der Waals surface area contributed by atoms with Crippen LogP contribution in [0, 0.1) is 17.7 Å². The first-order valence-corrected chi connectivity index (χ1v) is 14.6. The van der Waals surface area contributed by atoms with Gasteiger partial charge in [0.1, 0.15) is 17.3 Å². The van der Waals surface area contributed by atoms with Crippen molar-refractivity contribution in [1.29, 1.82) is 0 Å². The van der Waals surface area contributed by atoms with Gasteiger partial charge >= 0.3 is 0 Å². The summed E-state index contributed by atoms with van der Waals surface area (Å²) in [6.07, 6.45) is 4.15. The van der Waals surface area contributed by atoms with Gasteiger partial charge in [-0.1, -0.05) is 24.3 Å². The van der Waals surface area contributed by atoms with Crippen LogP contribution in [0.2, 0.25) is 0 Å². The van der Waals surface area contributed by atoms with E-state index in [0.29, 0.717) is 56.6 Å². The van der Waals surface area contributed by atoms with Crippen molar-refractivity contribution in [3.63, 3.8) is 0 Å². The van der Waals surface area contributed by atoms with Gasteiger partial charge in [-0.15, -0.1) is 0 Å². The fourth-order valence-corrected chi connectivity index (χ4v) is 6.22. The fraction of sp³-hybridized carbons (Fsp3) is 0.581. The van der Waals surface area contributed by atoms with Crippen LogP contribution in [0.3, 0.4) is 0 Å². The minimum Gasteiger partial charge on any atom is -0.493 e. The Labute approximate surface area is 232 Å². The second-order valence-corrected chi connectivity index (χ2v) is 11.2. The highest BCUT2D eigenvalue weighted by Crippen LogP contribution is 2.29. The summed E-state index contributed by atoms with van der Waals surface area (Å²) in [6, 6.07) is 12.9. The van der Waals surface area contributed by atoms with Gasteiger partial charge in [0.05, 0.1) is 19.3 Å². The summed E-state index contributed by atoms with van der Waals surface area (Å²) in [6.45, 7) is 9.38. The first kappa shape index (κ1) is 27.9. The number of ether oxygens (including phenoxy) is 2. The first-order chi connectivity index (χ1) is 19.0. The van der Waals surface area contributed by atoms with E-state index in [4.69, 9.17) is 15.2 Å². The monoisotopic (exact) mass is 538 g/mol. The molecule has 0 saturated carbocycles. The second-order valence-electron chi connectivity index (χ2n) is 11.2. The quantitative estimate of drug-likeness (QED) is 0.527. The summed E-state index contributed by atoms with van der Waals surface area (Å²) in [5.74, 6) is 2.24. The number of hydrogen-bond acceptors (Lipinski definition) is 6. The van der Waals surface area contributed by atoms with Crippen molar-refractivity contribution in [3.8, 4) is 11.5 Å². The number of fused-ring (bicyclic) bond motifs is 1. The molecule has 0 bridgehead atoms. The number of hydrogen-bond donors (Lipinski definition) is 1. The van der Waals surface area contributed by atoms with E-state index in [-0.39, 0.29) is 17.6 Å². The van der Waals surface area contributed by atoms with E-state index >= 15 is 0 Å². The van der Waals surface area contributed by atoms with Crippen molar-refractivity contribution in [3.05, 3.63) is 59.4 Å². The minimum absolute atomic E-state index is 0.0621. The number of piperidine rings is 1. The molecule has 5 rings (SSSR count). The summed E-state index contributed by atoms with van der Waals surface area (Å²) in [5.41, 5.74) is 8.44. The van der Waals surface area contributed by atoms with Crippen molar-refractivity contribution in [1.82, 2.24) is 14.7 Å². The Bertz CT molecular complexity index is 1100. The maximum absolute atomic E-state index is 14.5. The lowest BCUT2D eigenvalue weighted by molar-refractivity contribution is -0.136. The van der Waals surface area contributed by atoms with Crippen molar-refractivity contribution >= 4 is 5.91 Å². The number of benzene rings is 2. The summed E-state index contributed by atoms with van der Waals surface area (Å²) in [5, 5.41) is 0. The third-order valence-electron chi connectivity index (χ3n) is 8.68. The average molecular weight is 539 g/mol. The highest BCUT2D eigenvalue weighted by Gasteiger charge is 2.33. The van der Waals surface area contributed by atoms with Crippen molar-refractivity contribution < 1.29 is 18.7 Å². The van der Waals surface area contributed by atoms with Crippen LogP contribution in [0.5, 0.6) is 11.5 Å². The highest BCUT2D eigenvalue weighted by molar-refractivity contribution is 5.82. The van der Waals surface area contributed by atoms with E-state index in [0.717, 1.165) is 57.7 Å². The van der Waals surface area contributed by atoms with Gasteiger partial charge in [0.25, 0.3) is 0 Å². The SMILES string of the molecule is CCOc1cccc(F)c1CN1CCN(C(=O)[C@H](N)C2CCN(CCC3COc4ccccc4C3)CC2)CC1. The smallest absolute Gasteiger partial charge is 0.239 e. The van der Waals surface area contributed by atoms with Crippen LogP contribution < -0.4 is 15.2 Å². The van der Waals surface area contributed by atoms with Gasteiger partial charge in [0.2, 0.25) is 5.91 Å². The lowest BCUT2D eigenvalue weighted by Crippen LogP contribution is -2.55. The number of halogens is 1. The number of carbonyl (C=O) groups excluding carboxylic acids is 1. The van der Waals surface area contributed by atoms with E-state index in [1.54, 1.807) is 6.07 Å². The van der Waals surface area contributed by atoms with Crippen molar-refractivity contribution in [2.75, 3.05) is 59.0 Å². The van der Waals surface area contributed by atoms with Crippen LogP contribution in [0.1, 0.15) is 37.3 Å². The topological polar surface area (TPSA) is 71.3 Å². The predicted octanol–water partition coefficient (Wildman–Crippen LogP) is 3.55. The molecular weight excluding hydrogens is 495 g/mol. The third kappa shape index (κ3) is 6.91. The van der Waals surface area contributed by atoms with Crippen LogP contribution >= 0.6 is 0 Å². The van der Waals surface area contributed by atoms with Crippen LogP contribution in [0.25, 0.3) is 0 Å². The van der Waals surface area contributed by atoms with Crippen molar-refractivity contribution in [2.45, 2.75) is 45.2 Å². The molecule has 0 spiro atoms. The Kier molecular flexibility index (Phi) is 9.37. The lowest BCUT2D eigenvalue weighted by Gasteiger charge is -2.39. The number of nitrogens with two attached hydrogens (primary N) is 1. The predicted molar refractivity (Wildman–Crippen MR) is 150 cm³/mol. The van der Waals surface area contributed by atoms with Gasteiger partial charge in [-0.05, 0) is 87.8 Å². The number of para-hydroxylation sites is 1. The molecule has 7 nitrogen and oxygen atoms in total. The first-order valence-electron chi connectivity index (χ1n) is 14.6. The molecule has 8 heteroatoms. The second kappa shape index (κ2) is 13.1. The standard InChI is InChI=1S/C31H43FN4O3/c1-2-38-29-9-5-7-27(32)26(29)21-35-16-18-36(19-17-35)31(37)30(33)24-11-14-34(15-12-24)13-10-23-20-25-6-3-4-8-28(25)39-22-23/h3-9,23-24,30H,2,10-22,33H2,1H3/t23?,30-/m1/s1. The molecule has 2 atom stereocenters. The van der Waals surface area contributed by atoms with Gasteiger partial charge in [0, 0.05) is 38.3 Å².